The maximum absolute atomic E-state index is 12.4. The zero-order chi connectivity index (χ0) is 17.5. The molecule has 0 radical (unpaired) electrons. The topological polar surface area (TPSA) is 50.8 Å². The molecule has 134 valence electrons. The van der Waals surface area contributed by atoms with Crippen molar-refractivity contribution in [3.63, 3.8) is 0 Å². The molecule has 0 saturated carbocycles. The van der Waals surface area contributed by atoms with Crippen LogP contribution in [0.1, 0.15) is 43.5 Å². The summed E-state index contributed by atoms with van der Waals surface area (Å²) in [6, 6.07) is 4.09. The van der Waals surface area contributed by atoms with Gasteiger partial charge in [-0.1, -0.05) is 6.42 Å². The number of benzene rings is 1. The van der Waals surface area contributed by atoms with E-state index < -0.39 is 0 Å². The standard InChI is InChI=1S/C18H27BrN2O3/c1-4-24-17-15(19)11-14(12-16(17)23-3)18(22)20-8-10-21-9-6-5-7-13(21)2/h11-13H,4-10H2,1-3H3,(H,20,22). The lowest BCUT2D eigenvalue weighted by atomic mass is 10.0. The van der Waals surface area contributed by atoms with Gasteiger partial charge < -0.3 is 14.8 Å². The number of hydrogen-bond donors (Lipinski definition) is 1. The zero-order valence-electron chi connectivity index (χ0n) is 14.7. The van der Waals surface area contributed by atoms with Crippen LogP contribution in [-0.2, 0) is 0 Å². The number of amides is 1. The molecule has 0 aliphatic carbocycles. The Morgan fingerprint density at radius 3 is 2.88 bits per heavy atom. The highest BCUT2D eigenvalue weighted by Gasteiger charge is 2.19. The van der Waals surface area contributed by atoms with Crippen molar-refractivity contribution in [1.29, 1.82) is 0 Å². The second-order valence-electron chi connectivity index (χ2n) is 6.06. The minimum absolute atomic E-state index is 0.0956. The first-order valence-corrected chi connectivity index (χ1v) is 9.38. The summed E-state index contributed by atoms with van der Waals surface area (Å²) >= 11 is 3.45. The second-order valence-corrected chi connectivity index (χ2v) is 6.91. The molecular weight excluding hydrogens is 372 g/mol. The van der Waals surface area contributed by atoms with Crippen LogP contribution in [0.5, 0.6) is 11.5 Å². The van der Waals surface area contributed by atoms with E-state index in [0.717, 1.165) is 17.6 Å². The molecule has 1 aliphatic rings. The number of carbonyl (C=O) groups is 1. The molecule has 5 nitrogen and oxygen atoms in total. The van der Waals surface area contributed by atoms with Crippen molar-refractivity contribution in [2.45, 2.75) is 39.2 Å². The summed E-state index contributed by atoms with van der Waals surface area (Å²) in [6.45, 7) is 7.37. The number of rotatable bonds is 7. The minimum atomic E-state index is -0.0956. The number of nitrogens with one attached hydrogen (secondary N) is 1. The van der Waals surface area contributed by atoms with E-state index in [1.54, 1.807) is 19.2 Å². The van der Waals surface area contributed by atoms with Gasteiger partial charge in [0.25, 0.3) is 5.91 Å². The smallest absolute Gasteiger partial charge is 0.251 e. The third kappa shape index (κ3) is 4.86. The van der Waals surface area contributed by atoms with Crippen LogP contribution >= 0.6 is 15.9 Å². The number of halogens is 1. The van der Waals surface area contributed by atoms with E-state index in [-0.39, 0.29) is 5.91 Å². The number of nitrogens with zero attached hydrogens (tertiary/aromatic N) is 1. The second kappa shape index (κ2) is 9.28. The first kappa shape index (κ1) is 19.1. The Morgan fingerprint density at radius 1 is 1.42 bits per heavy atom. The van der Waals surface area contributed by atoms with Gasteiger partial charge in [-0.05, 0) is 61.3 Å². The summed E-state index contributed by atoms with van der Waals surface area (Å²) < 4.78 is 11.6. The van der Waals surface area contributed by atoms with Gasteiger partial charge in [-0.3, -0.25) is 9.69 Å². The normalized spacial score (nSPS) is 18.2. The first-order chi connectivity index (χ1) is 11.6. The highest BCUT2D eigenvalue weighted by Crippen LogP contribution is 2.36. The Hall–Kier alpha value is -1.27. The molecule has 1 aliphatic heterocycles. The van der Waals surface area contributed by atoms with Gasteiger partial charge in [-0.15, -0.1) is 0 Å². The van der Waals surface area contributed by atoms with Gasteiger partial charge >= 0.3 is 0 Å². The number of hydrogen-bond acceptors (Lipinski definition) is 4. The van der Waals surface area contributed by atoms with Crippen LogP contribution in [0.25, 0.3) is 0 Å². The number of methoxy groups -OCH3 is 1. The van der Waals surface area contributed by atoms with Crippen LogP contribution in [0.15, 0.2) is 16.6 Å². The predicted molar refractivity (Wildman–Crippen MR) is 99.1 cm³/mol. The van der Waals surface area contributed by atoms with Crippen LogP contribution in [0.3, 0.4) is 0 Å². The zero-order valence-corrected chi connectivity index (χ0v) is 16.3. The van der Waals surface area contributed by atoms with Crippen molar-refractivity contribution < 1.29 is 14.3 Å². The maximum atomic E-state index is 12.4. The molecule has 1 aromatic carbocycles. The third-order valence-corrected chi connectivity index (χ3v) is 4.99. The van der Waals surface area contributed by atoms with E-state index in [9.17, 15) is 4.79 Å². The Labute approximate surface area is 152 Å². The lowest BCUT2D eigenvalue weighted by Crippen LogP contribution is -2.42. The van der Waals surface area contributed by atoms with Crippen LogP contribution < -0.4 is 14.8 Å². The van der Waals surface area contributed by atoms with Crippen molar-refractivity contribution in [3.8, 4) is 11.5 Å². The van der Waals surface area contributed by atoms with Gasteiger partial charge in [-0.2, -0.15) is 0 Å². The third-order valence-electron chi connectivity index (χ3n) is 4.41. The van der Waals surface area contributed by atoms with E-state index in [0.29, 0.717) is 36.3 Å². The first-order valence-electron chi connectivity index (χ1n) is 8.59. The monoisotopic (exact) mass is 398 g/mol. The molecule has 1 unspecified atom stereocenters. The lowest BCUT2D eigenvalue weighted by molar-refractivity contribution is 0.0938. The van der Waals surface area contributed by atoms with Gasteiger partial charge in [-0.25, -0.2) is 0 Å². The van der Waals surface area contributed by atoms with E-state index in [1.807, 2.05) is 6.92 Å². The molecule has 1 fully saturated rings. The van der Waals surface area contributed by atoms with Gasteiger partial charge in [0.05, 0.1) is 18.2 Å². The predicted octanol–water partition coefficient (Wildman–Crippen LogP) is 3.46. The fourth-order valence-corrected chi connectivity index (χ4v) is 3.60. The average Bonchev–Trinajstić information content (AvgIpc) is 2.58. The average molecular weight is 399 g/mol. The fraction of sp³-hybridized carbons (Fsp3) is 0.611. The minimum Gasteiger partial charge on any atom is -0.493 e. The van der Waals surface area contributed by atoms with Crippen LogP contribution in [0.2, 0.25) is 0 Å². The van der Waals surface area contributed by atoms with Crippen molar-refractivity contribution in [2.75, 3.05) is 33.4 Å². The van der Waals surface area contributed by atoms with E-state index in [1.165, 1.54) is 19.3 Å². The van der Waals surface area contributed by atoms with E-state index in [2.05, 4.69) is 33.1 Å². The number of piperidine rings is 1. The molecule has 1 heterocycles. The molecule has 1 atom stereocenters. The summed E-state index contributed by atoms with van der Waals surface area (Å²) in [5.74, 6) is 1.08. The lowest BCUT2D eigenvalue weighted by Gasteiger charge is -2.33. The molecule has 1 aromatic rings. The van der Waals surface area contributed by atoms with Crippen LogP contribution in [-0.4, -0.2) is 50.2 Å². The van der Waals surface area contributed by atoms with Crippen molar-refractivity contribution in [3.05, 3.63) is 22.2 Å². The highest BCUT2D eigenvalue weighted by molar-refractivity contribution is 9.10. The summed E-state index contributed by atoms with van der Waals surface area (Å²) in [5.41, 5.74) is 0.564. The Balaban J connectivity index is 1.95. The largest absolute Gasteiger partial charge is 0.493 e. The molecule has 1 amide bonds. The molecule has 6 heteroatoms. The summed E-state index contributed by atoms with van der Waals surface area (Å²) in [6.07, 6.45) is 3.81. The molecule has 1 saturated heterocycles. The van der Waals surface area contributed by atoms with Gasteiger partial charge in [0.15, 0.2) is 11.5 Å². The fourth-order valence-electron chi connectivity index (χ4n) is 3.04. The van der Waals surface area contributed by atoms with E-state index >= 15 is 0 Å². The van der Waals surface area contributed by atoms with Gasteiger partial charge in [0, 0.05) is 24.7 Å². The summed E-state index contributed by atoms with van der Waals surface area (Å²) in [7, 11) is 1.57. The summed E-state index contributed by atoms with van der Waals surface area (Å²) in [4.78, 5) is 14.9. The van der Waals surface area contributed by atoms with E-state index in [4.69, 9.17) is 9.47 Å². The molecule has 0 spiro atoms. The quantitative estimate of drug-likeness (QED) is 0.763. The van der Waals surface area contributed by atoms with Crippen LogP contribution in [0.4, 0.5) is 0 Å². The van der Waals surface area contributed by atoms with Gasteiger partial charge in [0.1, 0.15) is 0 Å². The molecular formula is C18H27BrN2O3. The SMILES string of the molecule is CCOc1c(Br)cc(C(=O)NCCN2CCCCC2C)cc1OC. The van der Waals surface area contributed by atoms with Crippen molar-refractivity contribution in [1.82, 2.24) is 10.2 Å². The Morgan fingerprint density at radius 2 is 2.21 bits per heavy atom. The van der Waals surface area contributed by atoms with Crippen LogP contribution in [0, 0.1) is 0 Å². The molecule has 0 bridgehead atoms. The highest BCUT2D eigenvalue weighted by atomic mass is 79.9. The van der Waals surface area contributed by atoms with Crippen molar-refractivity contribution in [2.24, 2.45) is 0 Å². The molecule has 0 aromatic heterocycles. The van der Waals surface area contributed by atoms with Crippen molar-refractivity contribution >= 4 is 21.8 Å². The number of carbonyl (C=O) groups excluding carboxylic acids is 1. The number of likely N-dealkylation sites (tertiary alicyclic amines) is 1. The molecule has 24 heavy (non-hydrogen) atoms. The maximum Gasteiger partial charge on any atom is 0.251 e. The molecule has 1 N–H and O–H groups in total. The summed E-state index contributed by atoms with van der Waals surface area (Å²) in [5, 5.41) is 3.00. The number of ether oxygens (including phenoxy) is 2. The Kier molecular flexibility index (Phi) is 7.37. The Bertz CT molecular complexity index is 565. The molecule has 2 rings (SSSR count). The van der Waals surface area contributed by atoms with Gasteiger partial charge in [0.2, 0.25) is 0 Å².